The van der Waals surface area contributed by atoms with E-state index in [2.05, 4.69) is 35.8 Å². The number of imidazole rings is 1. The highest BCUT2D eigenvalue weighted by Crippen LogP contribution is 2.30. The molecule has 2 aromatic carbocycles. The summed E-state index contributed by atoms with van der Waals surface area (Å²) in [6.07, 6.45) is 7.76. The van der Waals surface area contributed by atoms with E-state index in [0.29, 0.717) is 0 Å². The van der Waals surface area contributed by atoms with Gasteiger partial charge < -0.3 is 4.57 Å². The van der Waals surface area contributed by atoms with E-state index in [1.165, 1.54) is 44.0 Å². The molecule has 24 heavy (non-hydrogen) atoms. The molecule has 0 atom stereocenters. The fourth-order valence-corrected chi connectivity index (χ4v) is 3.42. The molecule has 3 rings (SSSR count). The summed E-state index contributed by atoms with van der Waals surface area (Å²) in [6.45, 7) is 3.25. The lowest BCUT2D eigenvalue weighted by molar-refractivity contribution is 0.566. The largest absolute Gasteiger partial charge is 0.324 e. The smallest absolute Gasteiger partial charge is 0.142 e. The average molecular weight is 341 g/mol. The molecule has 0 bridgehead atoms. The number of para-hydroxylation sites is 2. The Kier molecular flexibility index (Phi) is 5.92. The fraction of sp³-hybridized carbons (Fsp3) is 0.381. The summed E-state index contributed by atoms with van der Waals surface area (Å²) in [5.41, 5.74) is 3.25. The van der Waals surface area contributed by atoms with Crippen molar-refractivity contribution >= 4 is 22.6 Å². The number of aromatic nitrogens is 2. The first kappa shape index (κ1) is 17.0. The molecule has 0 N–H and O–H groups in total. The zero-order valence-electron chi connectivity index (χ0n) is 14.3. The predicted molar refractivity (Wildman–Crippen MR) is 104 cm³/mol. The van der Waals surface area contributed by atoms with Crippen LogP contribution in [0.5, 0.6) is 0 Å². The molecule has 0 radical (unpaired) electrons. The maximum atomic E-state index is 6.42. The molecular weight excluding hydrogens is 316 g/mol. The van der Waals surface area contributed by atoms with Crippen LogP contribution in [-0.2, 0) is 6.54 Å². The average Bonchev–Trinajstić information content (AvgIpc) is 2.97. The van der Waals surface area contributed by atoms with Crippen molar-refractivity contribution in [3.8, 4) is 11.4 Å². The molecule has 2 nitrogen and oxygen atoms in total. The van der Waals surface area contributed by atoms with E-state index < -0.39 is 0 Å². The van der Waals surface area contributed by atoms with Crippen molar-refractivity contribution in [2.24, 2.45) is 0 Å². The van der Waals surface area contributed by atoms with Crippen LogP contribution in [-0.4, -0.2) is 9.55 Å². The number of aryl methyl sites for hydroxylation is 1. The Balaban J connectivity index is 1.85. The molecule has 0 spiro atoms. The van der Waals surface area contributed by atoms with Crippen LogP contribution in [0.1, 0.15) is 45.4 Å². The fourth-order valence-electron chi connectivity index (χ4n) is 3.20. The molecule has 0 saturated carbocycles. The van der Waals surface area contributed by atoms with Gasteiger partial charge in [0.25, 0.3) is 0 Å². The van der Waals surface area contributed by atoms with Crippen LogP contribution in [0.25, 0.3) is 22.4 Å². The van der Waals surface area contributed by atoms with E-state index >= 15 is 0 Å². The minimum Gasteiger partial charge on any atom is -0.324 e. The lowest BCUT2D eigenvalue weighted by Gasteiger charge is -2.10. The van der Waals surface area contributed by atoms with E-state index in [4.69, 9.17) is 16.6 Å². The molecule has 0 saturated heterocycles. The van der Waals surface area contributed by atoms with Crippen LogP contribution in [0.2, 0.25) is 5.02 Å². The topological polar surface area (TPSA) is 17.8 Å². The third-order valence-corrected chi connectivity index (χ3v) is 4.83. The van der Waals surface area contributed by atoms with Gasteiger partial charge in [-0.1, -0.05) is 74.9 Å². The van der Waals surface area contributed by atoms with Gasteiger partial charge in [0.2, 0.25) is 0 Å². The van der Waals surface area contributed by atoms with Crippen molar-refractivity contribution in [2.45, 2.75) is 52.0 Å². The Morgan fingerprint density at radius 1 is 0.875 bits per heavy atom. The number of rotatable bonds is 8. The van der Waals surface area contributed by atoms with Crippen molar-refractivity contribution in [1.82, 2.24) is 9.55 Å². The van der Waals surface area contributed by atoms with Crippen LogP contribution < -0.4 is 0 Å². The Morgan fingerprint density at radius 2 is 1.58 bits per heavy atom. The van der Waals surface area contributed by atoms with Crippen LogP contribution in [0, 0.1) is 0 Å². The normalized spacial score (nSPS) is 11.2. The Bertz CT molecular complexity index is 791. The second-order valence-electron chi connectivity index (χ2n) is 6.32. The summed E-state index contributed by atoms with van der Waals surface area (Å²) in [5, 5.41) is 0.761. The summed E-state index contributed by atoms with van der Waals surface area (Å²) in [4.78, 5) is 4.85. The van der Waals surface area contributed by atoms with E-state index in [9.17, 15) is 0 Å². The first-order valence-electron chi connectivity index (χ1n) is 9.01. The van der Waals surface area contributed by atoms with Gasteiger partial charge in [0, 0.05) is 12.1 Å². The van der Waals surface area contributed by atoms with Crippen LogP contribution in [0.4, 0.5) is 0 Å². The SMILES string of the molecule is CCCCCCCCn1c(-c2ccccc2Cl)nc2ccccc21. The quantitative estimate of drug-likeness (QED) is 0.416. The van der Waals surface area contributed by atoms with Crippen molar-refractivity contribution in [2.75, 3.05) is 0 Å². The molecule has 3 heteroatoms. The van der Waals surface area contributed by atoms with Crippen molar-refractivity contribution < 1.29 is 0 Å². The Hall–Kier alpha value is -1.80. The van der Waals surface area contributed by atoms with E-state index in [1.807, 2.05) is 24.3 Å². The van der Waals surface area contributed by atoms with Crippen molar-refractivity contribution in [1.29, 1.82) is 0 Å². The minimum atomic E-state index is 0.761. The number of benzene rings is 2. The number of unbranched alkanes of at least 4 members (excludes halogenated alkanes) is 5. The summed E-state index contributed by atoms with van der Waals surface area (Å²) < 4.78 is 2.33. The standard InChI is InChI=1S/C21H25ClN2/c1-2-3-4-5-6-11-16-24-20-15-10-9-14-19(20)23-21(24)17-12-7-8-13-18(17)22/h7-10,12-15H,2-6,11,16H2,1H3. The minimum absolute atomic E-state index is 0.761. The van der Waals surface area contributed by atoms with Gasteiger partial charge in [0.1, 0.15) is 5.82 Å². The lowest BCUT2D eigenvalue weighted by Crippen LogP contribution is -2.01. The van der Waals surface area contributed by atoms with Gasteiger partial charge in [-0.05, 0) is 30.7 Å². The zero-order chi connectivity index (χ0) is 16.8. The number of hydrogen-bond donors (Lipinski definition) is 0. The molecule has 0 amide bonds. The number of fused-ring (bicyclic) bond motifs is 1. The highest BCUT2D eigenvalue weighted by atomic mass is 35.5. The third kappa shape index (κ3) is 3.81. The summed E-state index contributed by atoms with van der Waals surface area (Å²) in [7, 11) is 0. The summed E-state index contributed by atoms with van der Waals surface area (Å²) in [5.74, 6) is 0.982. The first-order chi connectivity index (χ1) is 11.8. The maximum Gasteiger partial charge on any atom is 0.142 e. The molecule has 0 unspecified atom stereocenters. The Morgan fingerprint density at radius 3 is 2.42 bits per heavy atom. The predicted octanol–water partition coefficient (Wildman–Crippen LogP) is 6.72. The van der Waals surface area contributed by atoms with E-state index in [1.54, 1.807) is 0 Å². The van der Waals surface area contributed by atoms with Crippen LogP contribution in [0.3, 0.4) is 0 Å². The third-order valence-electron chi connectivity index (χ3n) is 4.50. The molecule has 0 fully saturated rings. The van der Waals surface area contributed by atoms with Gasteiger partial charge in [0.15, 0.2) is 0 Å². The number of nitrogens with zero attached hydrogens (tertiary/aromatic N) is 2. The molecule has 126 valence electrons. The molecule has 1 aromatic heterocycles. The van der Waals surface area contributed by atoms with Crippen LogP contribution >= 0.6 is 11.6 Å². The van der Waals surface area contributed by atoms with Gasteiger partial charge in [-0.3, -0.25) is 0 Å². The number of hydrogen-bond acceptors (Lipinski definition) is 1. The second-order valence-corrected chi connectivity index (χ2v) is 6.73. The maximum absolute atomic E-state index is 6.42. The lowest BCUT2D eigenvalue weighted by atomic mass is 10.1. The molecular formula is C21H25ClN2. The van der Waals surface area contributed by atoms with Gasteiger partial charge in [-0.25, -0.2) is 4.98 Å². The van der Waals surface area contributed by atoms with Gasteiger partial charge >= 0.3 is 0 Å². The summed E-state index contributed by atoms with van der Waals surface area (Å²) in [6, 6.07) is 16.3. The molecule has 0 aliphatic heterocycles. The molecule has 3 aromatic rings. The highest BCUT2D eigenvalue weighted by Gasteiger charge is 2.14. The Labute approximate surface area is 149 Å². The van der Waals surface area contributed by atoms with Gasteiger partial charge in [0.05, 0.1) is 16.1 Å². The highest BCUT2D eigenvalue weighted by molar-refractivity contribution is 6.33. The van der Waals surface area contributed by atoms with Gasteiger partial charge in [-0.15, -0.1) is 0 Å². The first-order valence-corrected chi connectivity index (χ1v) is 9.39. The van der Waals surface area contributed by atoms with Crippen LogP contribution in [0.15, 0.2) is 48.5 Å². The molecule has 1 heterocycles. The zero-order valence-corrected chi connectivity index (χ0v) is 15.1. The van der Waals surface area contributed by atoms with E-state index in [0.717, 1.165) is 28.5 Å². The van der Waals surface area contributed by atoms with Crippen molar-refractivity contribution in [3.63, 3.8) is 0 Å². The molecule has 0 aliphatic carbocycles. The molecule has 0 aliphatic rings. The second kappa shape index (κ2) is 8.34. The van der Waals surface area contributed by atoms with E-state index in [-0.39, 0.29) is 0 Å². The summed E-state index contributed by atoms with van der Waals surface area (Å²) >= 11 is 6.42. The van der Waals surface area contributed by atoms with Crippen molar-refractivity contribution in [3.05, 3.63) is 53.6 Å². The number of halogens is 1. The monoisotopic (exact) mass is 340 g/mol. The van der Waals surface area contributed by atoms with Gasteiger partial charge in [-0.2, -0.15) is 0 Å².